The van der Waals surface area contributed by atoms with Crippen molar-refractivity contribution in [1.29, 1.82) is 0 Å². The smallest absolute Gasteiger partial charge is 0.325 e. The second-order valence-corrected chi connectivity index (χ2v) is 8.67. The number of likely N-dealkylation sites (N-methyl/N-ethyl adjacent to an activating group) is 1. The number of ether oxygens (including phenoxy) is 2. The van der Waals surface area contributed by atoms with Crippen LogP contribution in [-0.2, 0) is 13.0 Å². The van der Waals surface area contributed by atoms with Crippen LogP contribution in [0.1, 0.15) is 41.4 Å². The van der Waals surface area contributed by atoms with Crippen molar-refractivity contribution < 1.29 is 23.5 Å². The number of methoxy groups -OCH3 is 2. The summed E-state index contributed by atoms with van der Waals surface area (Å²) in [6.45, 7) is 4.25. The molecule has 3 aliphatic rings. The second-order valence-electron chi connectivity index (χ2n) is 8.67. The third-order valence-electron chi connectivity index (χ3n) is 7.23. The number of rotatable bonds is 4. The van der Waals surface area contributed by atoms with E-state index in [1.54, 1.807) is 26.4 Å². The zero-order valence-electron chi connectivity index (χ0n) is 19.3. The van der Waals surface area contributed by atoms with E-state index in [0.717, 1.165) is 22.6 Å². The van der Waals surface area contributed by atoms with Gasteiger partial charge in [-0.25, -0.2) is 4.79 Å². The van der Waals surface area contributed by atoms with E-state index in [1.807, 2.05) is 33.8 Å². The van der Waals surface area contributed by atoms with Crippen molar-refractivity contribution >= 4 is 11.9 Å². The van der Waals surface area contributed by atoms with Gasteiger partial charge in [0.05, 0.1) is 32.6 Å². The average Bonchev–Trinajstić information content (AvgIpc) is 3.38. The highest BCUT2D eigenvalue weighted by Crippen LogP contribution is 2.46. The second kappa shape index (κ2) is 8.17. The fourth-order valence-corrected chi connectivity index (χ4v) is 5.59. The molecule has 0 saturated carbocycles. The molecule has 1 aromatic carbocycles. The monoisotopic (exact) mass is 451 g/mol. The Morgan fingerprint density at radius 2 is 1.97 bits per heavy atom. The Labute approximate surface area is 193 Å². The van der Waals surface area contributed by atoms with Crippen molar-refractivity contribution in [2.75, 3.05) is 33.9 Å². The molecule has 2 saturated heterocycles. The number of carbonyl (C=O) groups excluding carboxylic acids is 2. The molecule has 4 heterocycles. The average molecular weight is 452 g/mol. The number of piperidine rings is 1. The van der Waals surface area contributed by atoms with Crippen LogP contribution in [0.25, 0.3) is 0 Å². The lowest BCUT2D eigenvalue weighted by molar-refractivity contribution is 0.0547. The molecule has 5 rings (SSSR count). The van der Waals surface area contributed by atoms with E-state index < -0.39 is 5.54 Å². The quantitative estimate of drug-likeness (QED) is 0.709. The summed E-state index contributed by atoms with van der Waals surface area (Å²) >= 11 is 0. The Balaban J connectivity index is 1.47. The summed E-state index contributed by atoms with van der Waals surface area (Å²) in [5.74, 6) is 1.74. The van der Waals surface area contributed by atoms with Crippen LogP contribution in [-0.4, -0.2) is 66.0 Å². The normalized spacial score (nSPS) is 19.2. The largest absolute Gasteiger partial charge is 0.497 e. The molecule has 1 spiro atoms. The highest BCUT2D eigenvalue weighted by Gasteiger charge is 2.54. The van der Waals surface area contributed by atoms with Crippen molar-refractivity contribution in [3.63, 3.8) is 0 Å². The lowest BCUT2D eigenvalue weighted by Gasteiger charge is -2.44. The third-order valence-corrected chi connectivity index (χ3v) is 7.23. The van der Waals surface area contributed by atoms with E-state index in [4.69, 9.17) is 13.9 Å². The molecule has 174 valence electrons. The summed E-state index contributed by atoms with van der Waals surface area (Å²) in [5.41, 5.74) is 2.74. The number of benzene rings is 1. The number of hydrogen-bond acceptors (Lipinski definition) is 5. The number of fused-ring (bicyclic) bond motifs is 3. The highest BCUT2D eigenvalue weighted by molar-refractivity contribution is 5.91. The van der Waals surface area contributed by atoms with Gasteiger partial charge in [0.25, 0.3) is 5.91 Å². The highest BCUT2D eigenvalue weighted by atomic mass is 16.5. The first-order chi connectivity index (χ1) is 16.0. The summed E-state index contributed by atoms with van der Waals surface area (Å²) in [6, 6.07) is 7.32. The molecule has 8 nitrogen and oxygen atoms in total. The molecular formula is C25H29N3O5. The van der Waals surface area contributed by atoms with Gasteiger partial charge in [0, 0.05) is 37.0 Å². The van der Waals surface area contributed by atoms with E-state index >= 15 is 0 Å². The summed E-state index contributed by atoms with van der Waals surface area (Å²) < 4.78 is 16.4. The Hall–Kier alpha value is -3.42. The fraction of sp³-hybridized carbons (Fsp3) is 0.440. The number of allylic oxidation sites excluding steroid dienone is 1. The maximum atomic E-state index is 13.6. The minimum atomic E-state index is -0.412. The first-order valence-electron chi connectivity index (χ1n) is 11.4. The van der Waals surface area contributed by atoms with Crippen LogP contribution in [0.5, 0.6) is 11.5 Å². The van der Waals surface area contributed by atoms with E-state index in [0.29, 0.717) is 57.0 Å². The Kier molecular flexibility index (Phi) is 5.31. The third kappa shape index (κ3) is 3.27. The standard InChI is InChI=1S/C25H29N3O5/c1-4-28-24(30)27-16-17-14-18(31-2)15-21(32-3)19(17)7-8-22(27)25(28)9-11-26(12-10-25)23(29)20-6-5-13-33-20/h5-6,8,13-15H,4,7,9-12,16H2,1-3H3. The van der Waals surface area contributed by atoms with Crippen LogP contribution >= 0.6 is 0 Å². The van der Waals surface area contributed by atoms with Crippen LogP contribution in [0.2, 0.25) is 0 Å². The van der Waals surface area contributed by atoms with Crippen molar-refractivity contribution in [2.45, 2.75) is 38.3 Å². The van der Waals surface area contributed by atoms with Gasteiger partial charge in [-0.15, -0.1) is 0 Å². The fourth-order valence-electron chi connectivity index (χ4n) is 5.59. The molecule has 33 heavy (non-hydrogen) atoms. The van der Waals surface area contributed by atoms with E-state index in [1.165, 1.54) is 6.26 Å². The molecule has 0 unspecified atom stereocenters. The minimum absolute atomic E-state index is 0.0178. The number of carbonyl (C=O) groups is 2. The molecule has 2 fully saturated rings. The minimum Gasteiger partial charge on any atom is -0.497 e. The summed E-state index contributed by atoms with van der Waals surface area (Å²) in [6.07, 6.45) is 5.76. The van der Waals surface area contributed by atoms with E-state index in [2.05, 4.69) is 6.08 Å². The number of urea groups is 1. The number of furan rings is 1. The Bertz CT molecular complexity index is 1100. The van der Waals surface area contributed by atoms with Gasteiger partial charge in [-0.05, 0) is 49.9 Å². The van der Waals surface area contributed by atoms with Crippen molar-refractivity contribution in [2.24, 2.45) is 0 Å². The van der Waals surface area contributed by atoms with Gasteiger partial charge in [0.1, 0.15) is 11.5 Å². The molecule has 1 aromatic heterocycles. The van der Waals surface area contributed by atoms with Crippen molar-refractivity contribution in [3.8, 4) is 11.5 Å². The molecular weight excluding hydrogens is 422 g/mol. The van der Waals surface area contributed by atoms with Gasteiger partial charge in [-0.1, -0.05) is 6.08 Å². The van der Waals surface area contributed by atoms with Crippen LogP contribution in [0.4, 0.5) is 4.79 Å². The molecule has 0 N–H and O–H groups in total. The maximum absolute atomic E-state index is 13.6. The topological polar surface area (TPSA) is 75.5 Å². The Morgan fingerprint density at radius 1 is 1.18 bits per heavy atom. The zero-order chi connectivity index (χ0) is 23.2. The maximum Gasteiger partial charge on any atom is 0.325 e. The van der Waals surface area contributed by atoms with Gasteiger partial charge in [0.2, 0.25) is 0 Å². The molecule has 2 aromatic rings. The molecule has 8 heteroatoms. The zero-order valence-corrected chi connectivity index (χ0v) is 19.3. The molecule has 3 aliphatic heterocycles. The van der Waals surface area contributed by atoms with Gasteiger partial charge in [-0.3, -0.25) is 9.69 Å². The van der Waals surface area contributed by atoms with E-state index in [9.17, 15) is 9.59 Å². The van der Waals surface area contributed by atoms with Crippen LogP contribution in [0.3, 0.4) is 0 Å². The number of amides is 3. The Morgan fingerprint density at radius 3 is 2.61 bits per heavy atom. The van der Waals surface area contributed by atoms with Gasteiger partial charge in [-0.2, -0.15) is 0 Å². The van der Waals surface area contributed by atoms with Gasteiger partial charge in [0.15, 0.2) is 5.76 Å². The van der Waals surface area contributed by atoms with Gasteiger partial charge < -0.3 is 23.7 Å². The lowest BCUT2D eigenvalue weighted by Crippen LogP contribution is -2.54. The number of hydrogen-bond donors (Lipinski definition) is 0. The number of nitrogens with zero attached hydrogens (tertiary/aromatic N) is 3. The summed E-state index contributed by atoms with van der Waals surface area (Å²) in [5, 5.41) is 0. The predicted octanol–water partition coefficient (Wildman–Crippen LogP) is 3.67. The summed E-state index contributed by atoms with van der Waals surface area (Å²) in [7, 11) is 3.29. The van der Waals surface area contributed by atoms with Crippen molar-refractivity contribution in [3.05, 3.63) is 59.2 Å². The van der Waals surface area contributed by atoms with E-state index in [-0.39, 0.29) is 11.9 Å². The predicted molar refractivity (Wildman–Crippen MR) is 121 cm³/mol. The molecule has 0 bridgehead atoms. The van der Waals surface area contributed by atoms with Crippen LogP contribution in [0, 0.1) is 0 Å². The SMILES string of the molecule is CCN1C(=O)N2Cc3cc(OC)cc(OC)c3CC=C2C12CCN(C(=O)c1ccco1)CC2. The lowest BCUT2D eigenvalue weighted by atomic mass is 9.83. The molecule has 0 radical (unpaired) electrons. The first-order valence-corrected chi connectivity index (χ1v) is 11.4. The first kappa shape index (κ1) is 21.4. The molecule has 0 atom stereocenters. The molecule has 3 amide bonds. The molecule has 0 aliphatic carbocycles. The number of likely N-dealkylation sites (tertiary alicyclic amines) is 1. The summed E-state index contributed by atoms with van der Waals surface area (Å²) in [4.78, 5) is 32.1. The van der Waals surface area contributed by atoms with Crippen molar-refractivity contribution in [1.82, 2.24) is 14.7 Å². The van der Waals surface area contributed by atoms with Crippen LogP contribution in [0.15, 0.2) is 46.7 Å². The van der Waals surface area contributed by atoms with Crippen LogP contribution < -0.4 is 9.47 Å². The van der Waals surface area contributed by atoms with Gasteiger partial charge >= 0.3 is 6.03 Å².